The van der Waals surface area contributed by atoms with E-state index in [0.29, 0.717) is 6.04 Å². The Labute approximate surface area is 103 Å². The van der Waals surface area contributed by atoms with Gasteiger partial charge in [-0.05, 0) is 30.5 Å². The van der Waals surface area contributed by atoms with Gasteiger partial charge in [-0.2, -0.15) is 0 Å². The van der Waals surface area contributed by atoms with E-state index in [1.165, 1.54) is 44.1 Å². The van der Waals surface area contributed by atoms with Crippen LogP contribution in [0.4, 0.5) is 0 Å². The molecule has 16 heavy (non-hydrogen) atoms. The van der Waals surface area contributed by atoms with Gasteiger partial charge in [0, 0.05) is 17.6 Å². The summed E-state index contributed by atoms with van der Waals surface area (Å²) in [4.78, 5) is 0. The maximum Gasteiger partial charge on any atom is 0.0409 e. The normalized spacial score (nSPS) is 18.3. The van der Waals surface area contributed by atoms with E-state index < -0.39 is 0 Å². The Morgan fingerprint density at radius 3 is 2.56 bits per heavy atom. The lowest BCUT2D eigenvalue weighted by molar-refractivity contribution is 0.459. The molecule has 0 spiro atoms. The largest absolute Gasteiger partial charge is 0.310 e. The summed E-state index contributed by atoms with van der Waals surface area (Å²) in [5.41, 5.74) is 1.29. The topological polar surface area (TPSA) is 12.0 Å². The molecule has 0 radical (unpaired) electrons. The highest BCUT2D eigenvalue weighted by Crippen LogP contribution is 2.18. The molecule has 1 aliphatic carbocycles. The smallest absolute Gasteiger partial charge is 0.0409 e. The van der Waals surface area contributed by atoms with Gasteiger partial charge in [0.15, 0.2) is 0 Å². The van der Waals surface area contributed by atoms with Crippen LogP contribution in [0.3, 0.4) is 0 Å². The van der Waals surface area contributed by atoms with E-state index in [-0.39, 0.29) is 0 Å². The Kier molecular flexibility index (Phi) is 4.68. The van der Waals surface area contributed by atoms with Gasteiger partial charge < -0.3 is 5.32 Å². The Bertz CT molecular complexity index is 316. The number of nitrogens with one attached hydrogen (secondary N) is 1. The van der Waals surface area contributed by atoms with Crippen molar-refractivity contribution in [2.75, 3.05) is 0 Å². The van der Waals surface area contributed by atoms with Crippen LogP contribution in [0.1, 0.15) is 44.1 Å². The molecular weight excluding hydrogens is 218 g/mol. The molecule has 2 heteroatoms. The third-order valence-electron chi connectivity index (χ3n) is 3.34. The van der Waals surface area contributed by atoms with Gasteiger partial charge in [-0.25, -0.2) is 0 Å². The number of hydrogen-bond donors (Lipinski definition) is 1. The molecule has 1 saturated carbocycles. The fraction of sp³-hybridized carbons (Fsp3) is 0.571. The van der Waals surface area contributed by atoms with Gasteiger partial charge in [0.2, 0.25) is 0 Å². The second kappa shape index (κ2) is 6.27. The molecule has 1 fully saturated rings. The van der Waals surface area contributed by atoms with Gasteiger partial charge >= 0.3 is 0 Å². The highest BCUT2D eigenvalue weighted by molar-refractivity contribution is 6.30. The maximum absolute atomic E-state index is 5.96. The second-order valence-corrected chi connectivity index (χ2v) is 5.14. The van der Waals surface area contributed by atoms with Crippen molar-refractivity contribution in [1.82, 2.24) is 5.32 Å². The van der Waals surface area contributed by atoms with E-state index in [0.717, 1.165) is 11.6 Å². The van der Waals surface area contributed by atoms with Crippen molar-refractivity contribution < 1.29 is 0 Å². The molecule has 88 valence electrons. The average Bonchev–Trinajstić information content (AvgIpc) is 2.55. The zero-order valence-electron chi connectivity index (χ0n) is 9.71. The minimum absolute atomic E-state index is 0.710. The molecule has 0 atom stereocenters. The quantitative estimate of drug-likeness (QED) is 0.779. The average molecular weight is 238 g/mol. The van der Waals surface area contributed by atoms with Crippen LogP contribution in [0.25, 0.3) is 0 Å². The van der Waals surface area contributed by atoms with Crippen molar-refractivity contribution in [1.29, 1.82) is 0 Å². The van der Waals surface area contributed by atoms with Gasteiger partial charge in [0.1, 0.15) is 0 Å². The summed E-state index contributed by atoms with van der Waals surface area (Å²) in [7, 11) is 0. The molecule has 1 nitrogen and oxygen atoms in total. The van der Waals surface area contributed by atoms with Crippen molar-refractivity contribution in [2.45, 2.75) is 51.1 Å². The third-order valence-corrected chi connectivity index (χ3v) is 3.57. The Balaban J connectivity index is 1.81. The monoisotopic (exact) mass is 237 g/mol. The second-order valence-electron chi connectivity index (χ2n) is 4.70. The molecule has 0 heterocycles. The number of halogens is 1. The minimum Gasteiger partial charge on any atom is -0.310 e. The molecule has 0 aliphatic heterocycles. The van der Waals surface area contributed by atoms with Crippen LogP contribution >= 0.6 is 11.6 Å². The van der Waals surface area contributed by atoms with Crippen molar-refractivity contribution in [2.24, 2.45) is 0 Å². The molecule has 1 aliphatic rings. The summed E-state index contributed by atoms with van der Waals surface area (Å²) in [5.74, 6) is 0. The van der Waals surface area contributed by atoms with Crippen LogP contribution in [-0.2, 0) is 6.54 Å². The number of hydrogen-bond acceptors (Lipinski definition) is 1. The fourth-order valence-electron chi connectivity index (χ4n) is 2.39. The molecule has 0 bridgehead atoms. The number of rotatable bonds is 3. The van der Waals surface area contributed by atoms with Crippen molar-refractivity contribution in [3.05, 3.63) is 34.9 Å². The summed E-state index contributed by atoms with van der Waals surface area (Å²) in [6.07, 6.45) is 8.26. The van der Waals surface area contributed by atoms with Gasteiger partial charge in [-0.1, -0.05) is 49.4 Å². The predicted molar refractivity (Wildman–Crippen MR) is 69.8 cm³/mol. The molecule has 1 N–H and O–H groups in total. The van der Waals surface area contributed by atoms with Crippen LogP contribution < -0.4 is 5.32 Å². The summed E-state index contributed by atoms with van der Waals surface area (Å²) in [5, 5.41) is 4.48. The van der Waals surface area contributed by atoms with Crippen LogP contribution in [0.5, 0.6) is 0 Å². The fourth-order valence-corrected chi connectivity index (χ4v) is 2.61. The van der Waals surface area contributed by atoms with Crippen molar-refractivity contribution >= 4 is 11.6 Å². The molecular formula is C14H20ClN. The van der Waals surface area contributed by atoms with E-state index in [1.54, 1.807) is 0 Å². The zero-order valence-corrected chi connectivity index (χ0v) is 10.5. The molecule has 0 amide bonds. The van der Waals surface area contributed by atoms with Gasteiger partial charge in [-0.3, -0.25) is 0 Å². The molecule has 0 aromatic heterocycles. The minimum atomic E-state index is 0.710. The van der Waals surface area contributed by atoms with Gasteiger partial charge in [0.25, 0.3) is 0 Å². The Hall–Kier alpha value is -0.530. The first kappa shape index (κ1) is 11.9. The predicted octanol–water partition coefficient (Wildman–Crippen LogP) is 4.15. The van der Waals surface area contributed by atoms with E-state index in [4.69, 9.17) is 11.6 Å². The third kappa shape index (κ3) is 3.80. The van der Waals surface area contributed by atoms with E-state index in [2.05, 4.69) is 11.4 Å². The first-order valence-electron chi connectivity index (χ1n) is 6.32. The van der Waals surface area contributed by atoms with Gasteiger partial charge in [-0.15, -0.1) is 0 Å². The molecule has 1 aromatic rings. The molecule has 2 rings (SSSR count). The van der Waals surface area contributed by atoms with Crippen LogP contribution in [-0.4, -0.2) is 6.04 Å². The van der Waals surface area contributed by atoms with Gasteiger partial charge in [0.05, 0.1) is 0 Å². The van der Waals surface area contributed by atoms with Crippen molar-refractivity contribution in [3.63, 3.8) is 0 Å². The lowest BCUT2D eigenvalue weighted by Crippen LogP contribution is -2.27. The molecule has 1 aromatic carbocycles. The standard InChI is InChI=1S/C14H20ClN/c15-13-7-5-6-12(10-13)11-16-14-8-3-1-2-4-9-14/h5-7,10,14,16H,1-4,8-9,11H2. The first-order chi connectivity index (χ1) is 7.84. The summed E-state index contributed by atoms with van der Waals surface area (Å²) >= 11 is 5.96. The van der Waals surface area contributed by atoms with E-state index in [9.17, 15) is 0 Å². The lowest BCUT2D eigenvalue weighted by atomic mass is 10.1. The zero-order chi connectivity index (χ0) is 11.2. The molecule has 0 saturated heterocycles. The Morgan fingerprint density at radius 1 is 1.12 bits per heavy atom. The first-order valence-corrected chi connectivity index (χ1v) is 6.70. The lowest BCUT2D eigenvalue weighted by Gasteiger charge is -2.16. The number of benzene rings is 1. The highest BCUT2D eigenvalue weighted by Gasteiger charge is 2.11. The summed E-state index contributed by atoms with van der Waals surface area (Å²) in [6.45, 7) is 0.950. The van der Waals surface area contributed by atoms with Crippen molar-refractivity contribution in [3.8, 4) is 0 Å². The SMILES string of the molecule is Clc1cccc(CNC2CCCCCC2)c1. The van der Waals surface area contributed by atoms with E-state index in [1.807, 2.05) is 18.2 Å². The highest BCUT2D eigenvalue weighted by atomic mass is 35.5. The van der Waals surface area contributed by atoms with Crippen LogP contribution in [0, 0.1) is 0 Å². The summed E-state index contributed by atoms with van der Waals surface area (Å²) in [6, 6.07) is 8.84. The summed E-state index contributed by atoms with van der Waals surface area (Å²) < 4.78 is 0. The maximum atomic E-state index is 5.96. The molecule has 0 unspecified atom stereocenters. The van der Waals surface area contributed by atoms with E-state index >= 15 is 0 Å². The Morgan fingerprint density at radius 2 is 1.88 bits per heavy atom. The van der Waals surface area contributed by atoms with Crippen LogP contribution in [0.2, 0.25) is 5.02 Å². The van der Waals surface area contributed by atoms with Crippen LogP contribution in [0.15, 0.2) is 24.3 Å².